The largest absolute Gasteiger partial charge is 0.465 e. The number of urea groups is 1. The van der Waals surface area contributed by atoms with Gasteiger partial charge in [-0.1, -0.05) is 29.8 Å². The summed E-state index contributed by atoms with van der Waals surface area (Å²) >= 11 is 7.64. The zero-order valence-electron chi connectivity index (χ0n) is 16.1. The van der Waals surface area contributed by atoms with Gasteiger partial charge in [-0.3, -0.25) is 4.90 Å². The quantitative estimate of drug-likeness (QED) is 0.373. The van der Waals surface area contributed by atoms with Crippen LogP contribution in [0.3, 0.4) is 0 Å². The van der Waals surface area contributed by atoms with Crippen LogP contribution >= 0.6 is 22.9 Å². The number of carbonyl (C=O) groups excluding carboxylic acids is 2. The predicted molar refractivity (Wildman–Crippen MR) is 120 cm³/mol. The summed E-state index contributed by atoms with van der Waals surface area (Å²) in [4.78, 5) is 32.1. The number of nitrogens with one attached hydrogen (secondary N) is 1. The van der Waals surface area contributed by atoms with Crippen molar-refractivity contribution >= 4 is 62.2 Å². The van der Waals surface area contributed by atoms with Gasteiger partial charge in [0.1, 0.15) is 21.2 Å². The second kappa shape index (κ2) is 7.57. The van der Waals surface area contributed by atoms with Crippen LogP contribution in [-0.2, 0) is 4.74 Å². The summed E-state index contributed by atoms with van der Waals surface area (Å²) in [6, 6.07) is 15.5. The summed E-state index contributed by atoms with van der Waals surface area (Å²) in [5.41, 5.74) is 1.48. The molecule has 7 nitrogen and oxygen atoms in total. The molecule has 9 heteroatoms. The van der Waals surface area contributed by atoms with Crippen LogP contribution in [0.4, 0.5) is 21.9 Å². The minimum absolute atomic E-state index is 0.285. The average molecular weight is 452 g/mol. The molecule has 0 aliphatic carbocycles. The molecule has 0 saturated carbocycles. The normalized spacial score (nSPS) is 12.6. The van der Waals surface area contributed by atoms with Crippen LogP contribution in [0.5, 0.6) is 11.5 Å². The molecule has 2 aromatic carbocycles. The number of thiophene rings is 1. The van der Waals surface area contributed by atoms with E-state index in [9.17, 15) is 9.59 Å². The number of carbonyl (C=O) groups is 2. The highest BCUT2D eigenvalue weighted by Gasteiger charge is 2.34. The van der Waals surface area contributed by atoms with Crippen molar-refractivity contribution in [2.24, 2.45) is 0 Å². The Hall–Kier alpha value is -3.62. The van der Waals surface area contributed by atoms with Crippen molar-refractivity contribution < 1.29 is 19.1 Å². The van der Waals surface area contributed by atoms with Crippen LogP contribution in [0.25, 0.3) is 10.2 Å². The van der Waals surface area contributed by atoms with Gasteiger partial charge in [0.15, 0.2) is 0 Å². The van der Waals surface area contributed by atoms with Crippen LogP contribution in [0, 0.1) is 0 Å². The lowest BCUT2D eigenvalue weighted by Gasteiger charge is -2.28. The summed E-state index contributed by atoms with van der Waals surface area (Å²) in [5.74, 6) is 0.541. The Labute approximate surface area is 185 Å². The van der Waals surface area contributed by atoms with Crippen molar-refractivity contribution in [3.05, 3.63) is 70.7 Å². The first-order valence-corrected chi connectivity index (χ1v) is 10.4. The van der Waals surface area contributed by atoms with Gasteiger partial charge < -0.3 is 14.8 Å². The maximum Gasteiger partial charge on any atom is 0.350 e. The number of aromatic nitrogens is 1. The number of methoxy groups -OCH3 is 1. The molecule has 2 amide bonds. The number of ether oxygens (including phenoxy) is 2. The predicted octanol–water partition coefficient (Wildman–Crippen LogP) is 6.21. The molecule has 1 aliphatic rings. The van der Waals surface area contributed by atoms with Crippen LogP contribution in [0.15, 0.2) is 60.8 Å². The van der Waals surface area contributed by atoms with E-state index in [2.05, 4.69) is 10.3 Å². The van der Waals surface area contributed by atoms with Gasteiger partial charge in [-0.15, -0.1) is 11.3 Å². The zero-order chi connectivity index (χ0) is 21.5. The number of rotatable bonds is 4. The van der Waals surface area contributed by atoms with Gasteiger partial charge in [-0.05, 0) is 36.4 Å². The highest BCUT2D eigenvalue weighted by molar-refractivity contribution is 7.21. The van der Waals surface area contributed by atoms with Crippen molar-refractivity contribution in [2.75, 3.05) is 17.3 Å². The third-order valence-electron chi connectivity index (χ3n) is 4.75. The van der Waals surface area contributed by atoms with Crippen LogP contribution < -0.4 is 15.0 Å². The van der Waals surface area contributed by atoms with Gasteiger partial charge >= 0.3 is 12.0 Å². The lowest BCUT2D eigenvalue weighted by molar-refractivity contribution is 0.0607. The molecule has 0 spiro atoms. The standard InChI is InChI=1S/C22H14ClN3O4S/c1-29-21(27)19-18-17-15(9-10-24-20(17)31-19)25-22(28)26(18)12-7-8-16(14(23)11-12)30-13-5-3-2-4-6-13/h2-11H,1H3,(H,25,28). The number of esters is 1. The molecule has 0 fully saturated rings. The van der Waals surface area contributed by atoms with E-state index in [-0.39, 0.29) is 4.88 Å². The highest BCUT2D eigenvalue weighted by atomic mass is 35.5. The van der Waals surface area contributed by atoms with E-state index in [1.165, 1.54) is 23.3 Å². The van der Waals surface area contributed by atoms with Crippen molar-refractivity contribution in [1.82, 2.24) is 4.98 Å². The van der Waals surface area contributed by atoms with E-state index in [1.54, 1.807) is 30.5 Å². The van der Waals surface area contributed by atoms with E-state index in [4.69, 9.17) is 21.1 Å². The van der Waals surface area contributed by atoms with Gasteiger partial charge in [0, 0.05) is 6.20 Å². The summed E-state index contributed by atoms with van der Waals surface area (Å²) in [7, 11) is 1.30. The van der Waals surface area contributed by atoms with Crippen molar-refractivity contribution in [1.29, 1.82) is 0 Å². The average Bonchev–Trinajstić information content (AvgIpc) is 3.16. The number of hydrogen-bond acceptors (Lipinski definition) is 6. The van der Waals surface area contributed by atoms with Crippen molar-refractivity contribution in [3.8, 4) is 11.5 Å². The van der Waals surface area contributed by atoms with E-state index < -0.39 is 12.0 Å². The summed E-state index contributed by atoms with van der Waals surface area (Å²) in [6.45, 7) is 0. The van der Waals surface area contributed by atoms with E-state index >= 15 is 0 Å². The summed E-state index contributed by atoms with van der Waals surface area (Å²) < 4.78 is 10.8. The van der Waals surface area contributed by atoms with E-state index in [1.807, 2.05) is 30.3 Å². The molecule has 3 heterocycles. The van der Waals surface area contributed by atoms with Crippen LogP contribution in [0.1, 0.15) is 9.67 Å². The lowest BCUT2D eigenvalue weighted by atomic mass is 10.1. The fourth-order valence-corrected chi connectivity index (χ4v) is 4.69. The van der Waals surface area contributed by atoms with Gasteiger partial charge in [-0.2, -0.15) is 0 Å². The number of nitrogens with zero attached hydrogens (tertiary/aromatic N) is 2. The zero-order valence-corrected chi connectivity index (χ0v) is 17.7. The molecule has 0 atom stereocenters. The Morgan fingerprint density at radius 1 is 1.16 bits per heavy atom. The second-order valence-corrected chi connectivity index (χ2v) is 8.01. The Morgan fingerprint density at radius 3 is 2.71 bits per heavy atom. The minimum atomic E-state index is -0.543. The number of benzene rings is 2. The third kappa shape index (κ3) is 3.26. The van der Waals surface area contributed by atoms with E-state index in [0.717, 1.165) is 0 Å². The number of halogens is 1. The smallest absolute Gasteiger partial charge is 0.350 e. The minimum Gasteiger partial charge on any atom is -0.465 e. The molecule has 5 rings (SSSR count). The number of para-hydroxylation sites is 1. The fourth-order valence-electron chi connectivity index (χ4n) is 3.40. The third-order valence-corrected chi connectivity index (χ3v) is 6.11. The number of anilines is 3. The maximum atomic E-state index is 13.0. The molecule has 0 saturated heterocycles. The topological polar surface area (TPSA) is 80.8 Å². The molecular formula is C22H14ClN3O4S. The van der Waals surface area contributed by atoms with Crippen molar-refractivity contribution in [3.63, 3.8) is 0 Å². The molecular weight excluding hydrogens is 438 g/mol. The molecule has 0 bridgehead atoms. The first kappa shape index (κ1) is 19.3. The first-order chi connectivity index (χ1) is 15.1. The number of amides is 2. The SMILES string of the molecule is COC(=O)c1sc2nccc3c2c1N(c1ccc(Oc2ccccc2)c(Cl)c1)C(=O)N3. The number of hydrogen-bond donors (Lipinski definition) is 1. The molecule has 31 heavy (non-hydrogen) atoms. The van der Waals surface area contributed by atoms with Crippen LogP contribution in [-0.4, -0.2) is 24.1 Å². The van der Waals surface area contributed by atoms with Gasteiger partial charge in [0.25, 0.3) is 0 Å². The van der Waals surface area contributed by atoms with E-state index in [0.29, 0.717) is 43.8 Å². The van der Waals surface area contributed by atoms with Crippen LogP contribution in [0.2, 0.25) is 5.02 Å². The molecule has 2 aromatic heterocycles. The van der Waals surface area contributed by atoms with Gasteiger partial charge in [0.05, 0.1) is 34.6 Å². The molecule has 1 aliphatic heterocycles. The van der Waals surface area contributed by atoms with Crippen molar-refractivity contribution in [2.45, 2.75) is 0 Å². The lowest BCUT2D eigenvalue weighted by Crippen LogP contribution is -2.34. The molecule has 154 valence electrons. The fraction of sp³-hybridized carbons (Fsp3) is 0.0455. The summed E-state index contributed by atoms with van der Waals surface area (Å²) in [6.07, 6.45) is 1.58. The molecule has 4 aromatic rings. The highest BCUT2D eigenvalue weighted by Crippen LogP contribution is 2.47. The maximum absolute atomic E-state index is 13.0. The molecule has 0 radical (unpaired) electrons. The van der Waals surface area contributed by atoms with Gasteiger partial charge in [-0.25, -0.2) is 14.6 Å². The monoisotopic (exact) mass is 451 g/mol. The van der Waals surface area contributed by atoms with Gasteiger partial charge in [0.2, 0.25) is 0 Å². The summed E-state index contributed by atoms with van der Waals surface area (Å²) in [5, 5.41) is 3.84. The second-order valence-electron chi connectivity index (χ2n) is 6.61. The number of pyridine rings is 1. The Kier molecular flexibility index (Phi) is 4.72. The first-order valence-electron chi connectivity index (χ1n) is 9.20. The Morgan fingerprint density at radius 2 is 1.97 bits per heavy atom. The Balaban J connectivity index is 1.62. The Bertz CT molecular complexity index is 1340. The molecule has 0 unspecified atom stereocenters. The molecule has 1 N–H and O–H groups in total.